The molecule has 0 aromatic heterocycles. The van der Waals surface area contributed by atoms with Crippen LogP contribution in [-0.2, 0) is 14.2 Å². The van der Waals surface area contributed by atoms with Crippen molar-refractivity contribution >= 4 is 0 Å². The van der Waals surface area contributed by atoms with Crippen molar-refractivity contribution in [1.29, 1.82) is 0 Å². The minimum absolute atomic E-state index is 0.117. The number of likely N-dealkylation sites (N-methyl/N-ethyl adjacent to an activating group) is 3. The van der Waals surface area contributed by atoms with Crippen LogP contribution in [0, 0.1) is 5.92 Å². The van der Waals surface area contributed by atoms with Crippen molar-refractivity contribution in [3.63, 3.8) is 0 Å². The molecule has 2 N–H and O–H groups in total. The number of quaternary nitrogens is 2. The minimum Gasteiger partial charge on any atom is -0.493 e. The second-order valence-electron chi connectivity index (χ2n) is 12.7. The molecule has 8 nitrogen and oxygen atoms in total. The number of nitrogens with zero attached hydrogens (tertiary/aromatic N) is 3. The fourth-order valence-electron chi connectivity index (χ4n) is 6.47. The topological polar surface area (TPSA) is 71.4 Å². The molecular weight excluding hydrogens is 470 g/mol. The van der Waals surface area contributed by atoms with Crippen molar-refractivity contribution in [3.8, 4) is 0 Å². The lowest BCUT2D eigenvalue weighted by atomic mass is 9.84. The van der Waals surface area contributed by atoms with Gasteiger partial charge >= 0.3 is 0 Å². The number of hydrogen-bond acceptors (Lipinski definition) is 6. The van der Waals surface area contributed by atoms with E-state index in [2.05, 4.69) is 39.0 Å². The summed E-state index contributed by atoms with van der Waals surface area (Å²) in [6.07, 6.45) is 5.92. The third kappa shape index (κ3) is 8.41. The van der Waals surface area contributed by atoms with Gasteiger partial charge in [-0.3, -0.25) is 4.90 Å². The van der Waals surface area contributed by atoms with Crippen LogP contribution in [0.15, 0.2) is 23.2 Å². The van der Waals surface area contributed by atoms with Crippen molar-refractivity contribution in [2.75, 3.05) is 87.3 Å². The van der Waals surface area contributed by atoms with E-state index in [0.717, 1.165) is 66.2 Å². The van der Waals surface area contributed by atoms with Crippen LogP contribution in [-0.4, -0.2) is 136 Å². The van der Waals surface area contributed by atoms with Gasteiger partial charge in [-0.15, -0.1) is 0 Å². The maximum absolute atomic E-state index is 10.8. The summed E-state index contributed by atoms with van der Waals surface area (Å²) in [5, 5.41) is 21.5. The zero-order valence-electron chi connectivity index (χ0n) is 24.6. The van der Waals surface area contributed by atoms with Gasteiger partial charge in [-0.25, -0.2) is 0 Å². The number of allylic oxidation sites excluding steroid dienone is 1. The summed E-state index contributed by atoms with van der Waals surface area (Å²) in [5.41, 5.74) is 1.27. The number of methoxy groups -OCH3 is 1. The summed E-state index contributed by atoms with van der Waals surface area (Å²) in [4.78, 5) is 2.42. The van der Waals surface area contributed by atoms with E-state index in [1.165, 1.54) is 24.8 Å². The second kappa shape index (κ2) is 13.3. The number of rotatable bonds is 12. The first-order valence-corrected chi connectivity index (χ1v) is 14.4. The zero-order chi connectivity index (χ0) is 27.2. The van der Waals surface area contributed by atoms with E-state index in [4.69, 9.17) is 14.2 Å². The summed E-state index contributed by atoms with van der Waals surface area (Å²) in [7, 11) is 8.41. The van der Waals surface area contributed by atoms with Gasteiger partial charge in [0.15, 0.2) is 11.5 Å². The Kier molecular flexibility index (Phi) is 10.9. The summed E-state index contributed by atoms with van der Waals surface area (Å²) in [6.45, 7) is 13.4. The molecule has 214 valence electrons. The van der Waals surface area contributed by atoms with Crippen molar-refractivity contribution in [2.24, 2.45) is 5.92 Å². The van der Waals surface area contributed by atoms with Crippen LogP contribution in [0.2, 0.25) is 0 Å². The van der Waals surface area contributed by atoms with Crippen molar-refractivity contribution in [2.45, 2.75) is 70.8 Å². The number of hydrogen-bond donors (Lipinski definition) is 2. The molecule has 0 bridgehead atoms. The molecule has 0 amide bonds. The molecule has 2 saturated heterocycles. The Balaban J connectivity index is 1.70. The number of ether oxygens (including phenoxy) is 3. The lowest BCUT2D eigenvalue weighted by Crippen LogP contribution is -2.64. The molecule has 3 rings (SSSR count). The quantitative estimate of drug-likeness (QED) is 0.381. The minimum atomic E-state index is -0.503. The molecule has 2 aliphatic heterocycles. The number of aliphatic hydroxyl groups excluding tert-OH is 2. The van der Waals surface area contributed by atoms with E-state index in [9.17, 15) is 10.2 Å². The van der Waals surface area contributed by atoms with Gasteiger partial charge in [0, 0.05) is 12.1 Å². The predicted molar refractivity (Wildman–Crippen MR) is 147 cm³/mol. The van der Waals surface area contributed by atoms with Gasteiger partial charge in [0.25, 0.3) is 0 Å². The van der Waals surface area contributed by atoms with Crippen molar-refractivity contribution in [3.05, 3.63) is 23.2 Å². The second-order valence-corrected chi connectivity index (χ2v) is 12.7. The third-order valence-corrected chi connectivity index (χ3v) is 8.63. The molecule has 8 heteroatoms. The largest absolute Gasteiger partial charge is 0.493 e. The van der Waals surface area contributed by atoms with Crippen LogP contribution in [0.25, 0.3) is 0 Å². The number of piperazine rings is 1. The van der Waals surface area contributed by atoms with Gasteiger partial charge in [0.2, 0.25) is 0 Å². The van der Waals surface area contributed by atoms with E-state index >= 15 is 0 Å². The summed E-state index contributed by atoms with van der Waals surface area (Å²) in [6, 6.07) is 0.192. The molecule has 5 atom stereocenters. The fraction of sp³-hybridized carbons (Fsp3) is 0.862. The van der Waals surface area contributed by atoms with E-state index in [1.807, 2.05) is 13.8 Å². The van der Waals surface area contributed by atoms with Crippen LogP contribution in [0.4, 0.5) is 0 Å². The summed E-state index contributed by atoms with van der Waals surface area (Å²) >= 11 is 0. The van der Waals surface area contributed by atoms with E-state index in [0.29, 0.717) is 19.1 Å². The molecule has 3 aliphatic rings. The average molecular weight is 526 g/mol. The average Bonchev–Trinajstić information content (AvgIpc) is 2.83. The first kappa shape index (κ1) is 30.4. The van der Waals surface area contributed by atoms with Gasteiger partial charge in [-0.05, 0) is 58.6 Å². The van der Waals surface area contributed by atoms with Crippen LogP contribution in [0.5, 0.6) is 0 Å². The Morgan fingerprint density at radius 1 is 1.00 bits per heavy atom. The molecule has 0 aromatic carbocycles. The normalized spacial score (nSPS) is 30.7. The molecular formula is C29H55N3O5+2. The molecule has 1 aliphatic carbocycles. The van der Waals surface area contributed by atoms with Gasteiger partial charge in [-0.1, -0.05) is 6.92 Å². The number of aliphatic hydroxyl groups is 2. The fourth-order valence-corrected chi connectivity index (χ4v) is 6.47. The first-order valence-electron chi connectivity index (χ1n) is 14.4. The van der Waals surface area contributed by atoms with Gasteiger partial charge in [0.05, 0.1) is 66.1 Å². The Bertz CT molecular complexity index is 794. The smallest absolute Gasteiger partial charge is 0.161 e. The van der Waals surface area contributed by atoms with Gasteiger partial charge < -0.3 is 33.4 Å². The molecule has 0 radical (unpaired) electrons. The maximum atomic E-state index is 10.8. The van der Waals surface area contributed by atoms with E-state index in [-0.39, 0.29) is 18.8 Å². The zero-order valence-corrected chi connectivity index (χ0v) is 24.6. The highest BCUT2D eigenvalue weighted by atomic mass is 16.5. The first-order chi connectivity index (χ1) is 17.4. The van der Waals surface area contributed by atoms with Crippen LogP contribution in [0.1, 0.15) is 46.5 Å². The van der Waals surface area contributed by atoms with Crippen molar-refractivity contribution in [1.82, 2.24) is 4.90 Å². The van der Waals surface area contributed by atoms with E-state index < -0.39 is 12.2 Å². The van der Waals surface area contributed by atoms with Gasteiger partial charge in [-0.2, -0.15) is 0 Å². The Hall–Kier alpha value is -1.16. The number of likely N-dealkylation sites (tertiary alicyclic amines) is 1. The van der Waals surface area contributed by atoms with Crippen LogP contribution >= 0.6 is 0 Å². The summed E-state index contributed by atoms with van der Waals surface area (Å²) in [5.74, 6) is 1.91. The Morgan fingerprint density at radius 3 is 2.30 bits per heavy atom. The Labute approximate surface area is 225 Å². The molecule has 2 fully saturated rings. The lowest BCUT2D eigenvalue weighted by Gasteiger charge is -2.48. The maximum Gasteiger partial charge on any atom is 0.161 e. The molecule has 5 unspecified atom stereocenters. The highest BCUT2D eigenvalue weighted by Crippen LogP contribution is 2.36. The molecule has 0 saturated carbocycles. The highest BCUT2D eigenvalue weighted by Gasteiger charge is 2.42. The van der Waals surface area contributed by atoms with Crippen LogP contribution in [0.3, 0.4) is 0 Å². The molecule has 0 spiro atoms. The lowest BCUT2D eigenvalue weighted by molar-refractivity contribution is -0.918. The third-order valence-electron chi connectivity index (χ3n) is 8.63. The number of piperidine rings is 1. The SMILES string of the molecule is COC1=C(C2C[N+](C)(CC(O)COC(C)C)CCN2C)C(C)CC=C1OCC(O)C[N+]1(C)CCCCC1. The molecule has 37 heavy (non-hydrogen) atoms. The summed E-state index contributed by atoms with van der Waals surface area (Å²) < 4.78 is 19.6. The molecule has 2 heterocycles. The van der Waals surface area contributed by atoms with Crippen LogP contribution < -0.4 is 0 Å². The highest BCUT2D eigenvalue weighted by molar-refractivity contribution is 5.35. The predicted octanol–water partition coefficient (Wildman–Crippen LogP) is 2.37. The molecule has 0 aromatic rings. The van der Waals surface area contributed by atoms with Gasteiger partial charge in [0.1, 0.15) is 31.9 Å². The van der Waals surface area contributed by atoms with E-state index in [1.54, 1.807) is 7.11 Å². The standard InChI is InChI=1S/C29H55N3O5/c1-22(2)36-20-25(34)18-32(6)16-13-30(4)26(19-32)28-23(3)11-12-27(29(28)35-7)37-21-24(33)17-31(5)14-9-8-10-15-31/h12,22-26,33-34H,8-11,13-21H2,1-7H3/q+2. The Morgan fingerprint density at radius 2 is 1.65 bits per heavy atom. The monoisotopic (exact) mass is 525 g/mol. The van der Waals surface area contributed by atoms with Crippen molar-refractivity contribution < 1.29 is 33.4 Å².